The lowest BCUT2D eigenvalue weighted by molar-refractivity contribution is -0.280. The third-order valence-electron chi connectivity index (χ3n) is 13.1. The maximum absolute atomic E-state index is 13.9. The Morgan fingerprint density at radius 1 is 0.875 bits per heavy atom. The molecular formula is C35H47NO12. The number of carbonyl (C=O) groups is 3. The lowest BCUT2D eigenvalue weighted by Crippen LogP contribution is -2.79. The molecule has 7 rings (SSSR count). The van der Waals surface area contributed by atoms with Gasteiger partial charge in [0.25, 0.3) is 0 Å². The fourth-order valence-corrected chi connectivity index (χ4v) is 12.1. The van der Waals surface area contributed by atoms with Crippen LogP contribution in [0.3, 0.4) is 0 Å². The topological polar surface area (TPSA) is 157 Å². The van der Waals surface area contributed by atoms with E-state index in [4.69, 9.17) is 37.9 Å². The zero-order valence-electron chi connectivity index (χ0n) is 28.6. The van der Waals surface area contributed by atoms with E-state index in [-0.39, 0.29) is 37.0 Å². The van der Waals surface area contributed by atoms with E-state index in [0.717, 1.165) is 0 Å². The molecule has 14 atom stereocenters. The standard InChI is InChI=1S/C35H47NO12/c1-17(37)46-22-12-23(43-5)35-21-13-33(40)24(44-6)14-34(48-18(2)38,25(21)30(33)47-31(39)19-8-10-20(42-4)11-9-19)26-27(45-7)28(35)32(22,16-41-3)15-36-29(26)35/h8-11,21-30,36,40H,12-16H2,1-7H3/t21-,22-,23+,24+,25-,26+,27+,28-,29?,30-,32+,33+,34-,35+/m1/s1. The molecule has 13 heteroatoms. The van der Waals surface area contributed by atoms with Crippen molar-refractivity contribution < 1.29 is 57.4 Å². The van der Waals surface area contributed by atoms with Gasteiger partial charge in [0.1, 0.15) is 29.2 Å². The van der Waals surface area contributed by atoms with E-state index < -0.39 is 88.2 Å². The normalized spacial score (nSPS) is 46.1. The molecule has 13 nitrogen and oxygen atoms in total. The molecule has 6 aliphatic rings. The van der Waals surface area contributed by atoms with E-state index in [1.54, 1.807) is 52.7 Å². The number of ether oxygens (including phenoxy) is 8. The van der Waals surface area contributed by atoms with Gasteiger partial charge >= 0.3 is 17.9 Å². The van der Waals surface area contributed by atoms with Crippen LogP contribution in [0.15, 0.2) is 24.3 Å². The van der Waals surface area contributed by atoms with Gasteiger partial charge in [-0.3, -0.25) is 9.59 Å². The second-order valence-corrected chi connectivity index (χ2v) is 14.6. The van der Waals surface area contributed by atoms with E-state index >= 15 is 0 Å². The molecule has 264 valence electrons. The molecule has 7 bridgehead atoms. The molecule has 0 radical (unpaired) electrons. The largest absolute Gasteiger partial charge is 0.497 e. The third-order valence-corrected chi connectivity index (χ3v) is 13.1. The molecule has 1 aromatic carbocycles. The Morgan fingerprint density at radius 2 is 1.58 bits per heavy atom. The average molecular weight is 674 g/mol. The molecule has 0 aromatic heterocycles. The number of aliphatic hydroxyl groups is 1. The Kier molecular flexibility index (Phi) is 8.16. The van der Waals surface area contributed by atoms with Crippen LogP contribution in [0.5, 0.6) is 5.75 Å². The van der Waals surface area contributed by atoms with Crippen LogP contribution in [-0.2, 0) is 42.7 Å². The highest BCUT2D eigenvalue weighted by Gasteiger charge is 2.90. The minimum Gasteiger partial charge on any atom is -0.497 e. The first-order chi connectivity index (χ1) is 22.9. The molecule has 1 spiro atoms. The number of hydrogen-bond acceptors (Lipinski definition) is 13. The van der Waals surface area contributed by atoms with Gasteiger partial charge in [0.2, 0.25) is 0 Å². The summed E-state index contributed by atoms with van der Waals surface area (Å²) < 4.78 is 49.1. The minimum absolute atomic E-state index is 0.172. The van der Waals surface area contributed by atoms with Gasteiger partial charge in [-0.05, 0) is 36.6 Å². The summed E-state index contributed by atoms with van der Waals surface area (Å²) in [6.07, 6.45) is -2.70. The Bertz CT molecular complexity index is 1460. The maximum Gasteiger partial charge on any atom is 0.338 e. The van der Waals surface area contributed by atoms with Crippen LogP contribution in [0, 0.1) is 34.5 Å². The Morgan fingerprint density at radius 3 is 2.17 bits per heavy atom. The lowest BCUT2D eigenvalue weighted by atomic mass is 9.43. The fraction of sp³-hybridized carbons (Fsp3) is 0.743. The molecule has 5 saturated carbocycles. The van der Waals surface area contributed by atoms with E-state index in [1.807, 2.05) is 0 Å². The molecule has 5 aliphatic carbocycles. The average Bonchev–Trinajstić information content (AvgIpc) is 3.40. The Hall–Kier alpha value is -2.81. The number of hydrogen-bond donors (Lipinski definition) is 2. The Labute approximate surface area is 280 Å². The van der Waals surface area contributed by atoms with Gasteiger partial charge in [-0.15, -0.1) is 0 Å². The van der Waals surface area contributed by atoms with Crippen molar-refractivity contribution in [3.05, 3.63) is 29.8 Å². The van der Waals surface area contributed by atoms with Crippen molar-refractivity contribution in [1.29, 1.82) is 0 Å². The van der Waals surface area contributed by atoms with Gasteiger partial charge in [-0.1, -0.05) is 0 Å². The highest BCUT2D eigenvalue weighted by molar-refractivity contribution is 5.89. The van der Waals surface area contributed by atoms with Crippen molar-refractivity contribution in [2.24, 2.45) is 34.5 Å². The number of fused-ring (bicyclic) bond motifs is 2. The number of methoxy groups -OCH3 is 5. The van der Waals surface area contributed by atoms with Gasteiger partial charge in [0.05, 0.1) is 37.6 Å². The van der Waals surface area contributed by atoms with E-state index in [9.17, 15) is 19.5 Å². The van der Waals surface area contributed by atoms with Gasteiger partial charge in [0, 0.05) is 96.3 Å². The highest BCUT2D eigenvalue weighted by Crippen LogP contribution is 2.79. The predicted octanol–water partition coefficient (Wildman–Crippen LogP) is 1.52. The van der Waals surface area contributed by atoms with Crippen LogP contribution in [0.4, 0.5) is 0 Å². The van der Waals surface area contributed by atoms with Crippen LogP contribution in [0.1, 0.15) is 43.5 Å². The van der Waals surface area contributed by atoms with Gasteiger partial charge in [0.15, 0.2) is 0 Å². The summed E-state index contributed by atoms with van der Waals surface area (Å²) in [6.45, 7) is 3.50. The van der Waals surface area contributed by atoms with E-state index in [2.05, 4.69) is 5.32 Å². The molecule has 2 N–H and O–H groups in total. The van der Waals surface area contributed by atoms with Gasteiger partial charge in [-0.25, -0.2) is 4.79 Å². The molecule has 0 amide bonds. The second-order valence-electron chi connectivity index (χ2n) is 14.6. The Balaban J connectivity index is 1.44. The van der Waals surface area contributed by atoms with Crippen molar-refractivity contribution >= 4 is 17.9 Å². The number of carbonyl (C=O) groups excluding carboxylic acids is 3. The zero-order chi connectivity index (χ0) is 34.4. The molecule has 1 aromatic rings. The van der Waals surface area contributed by atoms with Crippen molar-refractivity contribution in [3.63, 3.8) is 0 Å². The first-order valence-electron chi connectivity index (χ1n) is 16.7. The quantitative estimate of drug-likeness (QED) is 0.273. The summed E-state index contributed by atoms with van der Waals surface area (Å²) in [7, 11) is 8.00. The third kappa shape index (κ3) is 4.14. The second kappa shape index (κ2) is 11.6. The fourth-order valence-electron chi connectivity index (χ4n) is 12.1. The number of piperidine rings is 1. The molecule has 1 unspecified atom stereocenters. The van der Waals surface area contributed by atoms with Crippen molar-refractivity contribution in [2.75, 3.05) is 48.7 Å². The summed E-state index contributed by atoms with van der Waals surface area (Å²) in [5.74, 6) is -2.74. The summed E-state index contributed by atoms with van der Waals surface area (Å²) in [5.41, 5.74) is -4.05. The van der Waals surface area contributed by atoms with Crippen LogP contribution in [-0.4, -0.2) is 119 Å². The first kappa shape index (κ1) is 33.7. The lowest BCUT2D eigenvalue weighted by Gasteiger charge is -2.68. The zero-order valence-corrected chi connectivity index (χ0v) is 28.6. The van der Waals surface area contributed by atoms with Crippen LogP contribution >= 0.6 is 0 Å². The molecular weight excluding hydrogens is 626 g/mol. The molecule has 48 heavy (non-hydrogen) atoms. The number of esters is 3. The van der Waals surface area contributed by atoms with Crippen LogP contribution < -0.4 is 10.1 Å². The van der Waals surface area contributed by atoms with Gasteiger partial charge in [-0.2, -0.15) is 0 Å². The summed E-state index contributed by atoms with van der Waals surface area (Å²) >= 11 is 0. The highest BCUT2D eigenvalue weighted by atomic mass is 16.6. The maximum atomic E-state index is 13.9. The molecule has 6 fully saturated rings. The van der Waals surface area contributed by atoms with Crippen LogP contribution in [0.2, 0.25) is 0 Å². The molecule has 1 saturated heterocycles. The monoisotopic (exact) mass is 673 g/mol. The number of benzene rings is 1. The summed E-state index contributed by atoms with van der Waals surface area (Å²) in [4.78, 5) is 39.6. The summed E-state index contributed by atoms with van der Waals surface area (Å²) in [5, 5.41) is 16.6. The van der Waals surface area contributed by atoms with Crippen molar-refractivity contribution in [1.82, 2.24) is 5.32 Å². The van der Waals surface area contributed by atoms with E-state index in [1.165, 1.54) is 21.0 Å². The molecule has 1 aliphatic heterocycles. The minimum atomic E-state index is -1.61. The first-order valence-corrected chi connectivity index (χ1v) is 16.7. The smallest absolute Gasteiger partial charge is 0.338 e. The SMILES string of the molecule is COC[C@]12CNC3[C@@H]4[C@H](OC)[C@H]1[C@@]3([C@@H](OC)C[C@H]2OC(C)=O)[C@@H]1C[C@]2(O)[C@@H](OC)C[C@@]4(OC(C)=O)[C@H]1[C@H]2OC(=O)c1ccc(OC)cc1. The van der Waals surface area contributed by atoms with E-state index in [0.29, 0.717) is 18.7 Å². The predicted molar refractivity (Wildman–Crippen MR) is 166 cm³/mol. The molecule has 1 heterocycles. The van der Waals surface area contributed by atoms with Crippen LogP contribution in [0.25, 0.3) is 0 Å². The van der Waals surface area contributed by atoms with Gasteiger partial charge < -0.3 is 48.3 Å². The van der Waals surface area contributed by atoms with Crippen molar-refractivity contribution in [2.45, 2.75) is 80.9 Å². The summed E-state index contributed by atoms with van der Waals surface area (Å²) in [6, 6.07) is 6.28. The van der Waals surface area contributed by atoms with Crippen molar-refractivity contribution in [3.8, 4) is 5.75 Å². The number of nitrogens with one attached hydrogen (secondary N) is 1. The number of rotatable bonds is 10.